The fraction of sp³-hybridized carbons (Fsp3) is 0.375. The number of hydrogen-bond donors (Lipinski definition) is 0. The number of alkyl halides is 1. The van der Waals surface area contributed by atoms with E-state index in [0.29, 0.717) is 12.0 Å². The van der Waals surface area contributed by atoms with Gasteiger partial charge in [-0.05, 0) is 25.5 Å². The maximum absolute atomic E-state index is 13.9. The third kappa shape index (κ3) is 2.70. The molecule has 0 bridgehead atoms. The quantitative estimate of drug-likeness (QED) is 0.848. The number of nitrogens with zero attached hydrogens (tertiary/aromatic N) is 2. The topological polar surface area (TPSA) is 33.2 Å². The molecule has 1 amide bonds. The largest absolute Gasteiger partial charge is 0.326 e. The van der Waals surface area contributed by atoms with Crippen molar-refractivity contribution >= 4 is 17.2 Å². The van der Waals surface area contributed by atoms with Crippen LogP contribution in [-0.4, -0.2) is 28.5 Å². The fourth-order valence-corrected chi connectivity index (χ4v) is 3.66. The Hall–Kier alpha value is -1.75. The Bertz CT molecular complexity index is 670. The van der Waals surface area contributed by atoms with E-state index in [2.05, 4.69) is 4.98 Å². The van der Waals surface area contributed by atoms with E-state index >= 15 is 0 Å². The van der Waals surface area contributed by atoms with E-state index in [0.717, 1.165) is 16.3 Å². The van der Waals surface area contributed by atoms with Crippen LogP contribution in [0.1, 0.15) is 39.1 Å². The van der Waals surface area contributed by atoms with E-state index in [4.69, 9.17) is 0 Å². The second kappa shape index (κ2) is 5.56. The zero-order valence-electron chi connectivity index (χ0n) is 12.0. The van der Waals surface area contributed by atoms with Crippen LogP contribution in [0.3, 0.4) is 0 Å². The van der Waals surface area contributed by atoms with E-state index < -0.39 is 6.17 Å². The van der Waals surface area contributed by atoms with E-state index in [1.807, 2.05) is 37.4 Å². The molecule has 3 nitrogen and oxygen atoms in total. The lowest BCUT2D eigenvalue weighted by molar-refractivity contribution is 0.0727. The Kier molecular flexibility index (Phi) is 3.76. The Morgan fingerprint density at radius 1 is 1.38 bits per heavy atom. The van der Waals surface area contributed by atoms with Crippen molar-refractivity contribution in [2.75, 3.05) is 6.54 Å². The first-order valence-corrected chi connectivity index (χ1v) is 7.87. The van der Waals surface area contributed by atoms with Crippen molar-refractivity contribution in [1.29, 1.82) is 0 Å². The lowest BCUT2D eigenvalue weighted by Gasteiger charge is -2.23. The SMILES string of the molecule is Cc1csc([C@H]2C[C@H](F)CN2C(=O)c2ccccc2C)n1. The molecule has 2 aromatic rings. The number of amides is 1. The lowest BCUT2D eigenvalue weighted by Crippen LogP contribution is -2.31. The van der Waals surface area contributed by atoms with Crippen LogP contribution in [0.15, 0.2) is 29.6 Å². The minimum Gasteiger partial charge on any atom is -0.326 e. The number of aryl methyl sites for hydroxylation is 2. The van der Waals surface area contributed by atoms with Crippen LogP contribution >= 0.6 is 11.3 Å². The molecule has 0 N–H and O–H groups in total. The highest BCUT2D eigenvalue weighted by Gasteiger charge is 2.38. The van der Waals surface area contributed by atoms with Gasteiger partial charge >= 0.3 is 0 Å². The number of likely N-dealkylation sites (tertiary alicyclic amines) is 1. The van der Waals surface area contributed by atoms with Crippen molar-refractivity contribution in [3.05, 3.63) is 51.5 Å². The number of carbonyl (C=O) groups excluding carboxylic acids is 1. The summed E-state index contributed by atoms with van der Waals surface area (Å²) >= 11 is 1.50. The molecule has 1 aliphatic heterocycles. The molecule has 0 spiro atoms. The number of thiazole rings is 1. The average molecular weight is 304 g/mol. The van der Waals surface area contributed by atoms with Gasteiger partial charge in [0.1, 0.15) is 11.2 Å². The van der Waals surface area contributed by atoms with Crippen LogP contribution in [0.5, 0.6) is 0 Å². The summed E-state index contributed by atoms with van der Waals surface area (Å²) in [6.07, 6.45) is -0.642. The lowest BCUT2D eigenvalue weighted by atomic mass is 10.1. The van der Waals surface area contributed by atoms with Gasteiger partial charge in [-0.3, -0.25) is 4.79 Å². The van der Waals surface area contributed by atoms with Gasteiger partial charge in [-0.25, -0.2) is 9.37 Å². The number of rotatable bonds is 2. The van der Waals surface area contributed by atoms with E-state index in [-0.39, 0.29) is 18.5 Å². The normalized spacial score (nSPS) is 21.8. The number of carbonyl (C=O) groups is 1. The predicted molar refractivity (Wildman–Crippen MR) is 81.3 cm³/mol. The van der Waals surface area contributed by atoms with Crippen LogP contribution in [0.4, 0.5) is 4.39 Å². The Balaban J connectivity index is 1.92. The summed E-state index contributed by atoms with van der Waals surface area (Å²) in [6.45, 7) is 3.96. The molecule has 110 valence electrons. The second-order valence-corrected chi connectivity index (χ2v) is 6.34. The monoisotopic (exact) mass is 304 g/mol. The summed E-state index contributed by atoms with van der Waals surface area (Å²) < 4.78 is 13.9. The first-order valence-electron chi connectivity index (χ1n) is 6.99. The minimum absolute atomic E-state index is 0.105. The summed E-state index contributed by atoms with van der Waals surface area (Å²) in [6, 6.07) is 7.19. The maximum Gasteiger partial charge on any atom is 0.254 e. The molecule has 1 aromatic carbocycles. The summed E-state index contributed by atoms with van der Waals surface area (Å²) in [5.74, 6) is -0.105. The van der Waals surface area contributed by atoms with Crippen LogP contribution in [0.2, 0.25) is 0 Å². The average Bonchev–Trinajstić information content (AvgIpc) is 3.04. The van der Waals surface area contributed by atoms with Crippen molar-refractivity contribution < 1.29 is 9.18 Å². The Labute approximate surface area is 127 Å². The van der Waals surface area contributed by atoms with E-state index in [1.54, 1.807) is 11.0 Å². The Morgan fingerprint density at radius 2 is 2.14 bits per heavy atom. The summed E-state index contributed by atoms with van der Waals surface area (Å²) in [7, 11) is 0. The van der Waals surface area contributed by atoms with Crippen LogP contribution in [-0.2, 0) is 0 Å². The molecule has 3 rings (SSSR count). The van der Waals surface area contributed by atoms with Gasteiger partial charge in [0.25, 0.3) is 5.91 Å². The van der Waals surface area contributed by atoms with Gasteiger partial charge in [-0.2, -0.15) is 0 Å². The molecule has 1 fully saturated rings. The first kappa shape index (κ1) is 14.2. The smallest absolute Gasteiger partial charge is 0.254 e. The van der Waals surface area contributed by atoms with E-state index in [9.17, 15) is 9.18 Å². The van der Waals surface area contributed by atoms with Crippen molar-refractivity contribution in [2.45, 2.75) is 32.5 Å². The number of hydrogen-bond acceptors (Lipinski definition) is 3. The van der Waals surface area contributed by atoms with Gasteiger partial charge in [-0.1, -0.05) is 18.2 Å². The highest BCUT2D eigenvalue weighted by Crippen LogP contribution is 2.36. The zero-order valence-corrected chi connectivity index (χ0v) is 12.9. The van der Waals surface area contributed by atoms with Crippen molar-refractivity contribution in [3.8, 4) is 0 Å². The molecule has 1 saturated heterocycles. The zero-order chi connectivity index (χ0) is 15.0. The van der Waals surface area contributed by atoms with Crippen LogP contribution < -0.4 is 0 Å². The van der Waals surface area contributed by atoms with Crippen molar-refractivity contribution in [1.82, 2.24) is 9.88 Å². The minimum atomic E-state index is -0.979. The molecule has 2 atom stereocenters. The van der Waals surface area contributed by atoms with Gasteiger partial charge in [0.05, 0.1) is 12.6 Å². The molecular weight excluding hydrogens is 287 g/mol. The summed E-state index contributed by atoms with van der Waals surface area (Å²) in [5, 5.41) is 2.77. The standard InChI is InChI=1S/C16H17FN2OS/c1-10-5-3-4-6-13(10)16(20)19-8-12(17)7-14(19)15-18-11(2)9-21-15/h3-6,9,12,14H,7-8H2,1-2H3/t12-,14+/m0/s1. The second-order valence-electron chi connectivity index (χ2n) is 5.45. The summed E-state index contributed by atoms with van der Waals surface area (Å²) in [4.78, 5) is 18.8. The predicted octanol–water partition coefficient (Wildman–Crippen LogP) is 3.69. The van der Waals surface area contributed by atoms with Crippen LogP contribution in [0, 0.1) is 13.8 Å². The van der Waals surface area contributed by atoms with Gasteiger partial charge in [0.2, 0.25) is 0 Å². The molecule has 0 saturated carbocycles. The fourth-order valence-electron chi connectivity index (χ4n) is 2.74. The highest BCUT2D eigenvalue weighted by molar-refractivity contribution is 7.09. The molecular formula is C16H17FN2OS. The molecule has 21 heavy (non-hydrogen) atoms. The third-order valence-corrected chi connectivity index (χ3v) is 4.87. The number of halogens is 1. The van der Waals surface area contributed by atoms with Gasteiger partial charge in [0, 0.05) is 23.1 Å². The molecule has 1 aliphatic rings. The molecule has 0 unspecified atom stereocenters. The summed E-state index contributed by atoms with van der Waals surface area (Å²) in [5.41, 5.74) is 2.48. The molecule has 5 heteroatoms. The number of benzene rings is 1. The Morgan fingerprint density at radius 3 is 2.81 bits per heavy atom. The molecule has 1 aromatic heterocycles. The molecule has 2 heterocycles. The third-order valence-electron chi connectivity index (χ3n) is 3.81. The van der Waals surface area contributed by atoms with Gasteiger partial charge in [-0.15, -0.1) is 11.3 Å². The number of aromatic nitrogens is 1. The van der Waals surface area contributed by atoms with Crippen molar-refractivity contribution in [3.63, 3.8) is 0 Å². The first-order chi connectivity index (χ1) is 10.1. The van der Waals surface area contributed by atoms with Crippen LogP contribution in [0.25, 0.3) is 0 Å². The highest BCUT2D eigenvalue weighted by atomic mass is 32.1. The van der Waals surface area contributed by atoms with E-state index in [1.165, 1.54) is 11.3 Å². The molecule has 0 radical (unpaired) electrons. The molecule has 0 aliphatic carbocycles. The van der Waals surface area contributed by atoms with Gasteiger partial charge in [0.15, 0.2) is 0 Å². The van der Waals surface area contributed by atoms with Crippen molar-refractivity contribution in [2.24, 2.45) is 0 Å². The maximum atomic E-state index is 13.9. The van der Waals surface area contributed by atoms with Gasteiger partial charge < -0.3 is 4.90 Å².